The second-order valence-electron chi connectivity index (χ2n) is 7.64. The molecule has 2 aromatic rings. The minimum Gasteiger partial charge on any atom is -0.435 e. The van der Waals surface area contributed by atoms with Gasteiger partial charge in [0.25, 0.3) is 0 Å². The van der Waals surface area contributed by atoms with Gasteiger partial charge in [-0.25, -0.2) is 0 Å². The summed E-state index contributed by atoms with van der Waals surface area (Å²) in [5.74, 6) is 0.594. The van der Waals surface area contributed by atoms with Gasteiger partial charge < -0.3 is 19.9 Å². The zero-order valence-electron chi connectivity index (χ0n) is 15.9. The third-order valence-corrected chi connectivity index (χ3v) is 5.92. The Labute approximate surface area is 169 Å². The highest BCUT2D eigenvalue weighted by Crippen LogP contribution is 2.43. The van der Waals surface area contributed by atoms with Gasteiger partial charge in [0.05, 0.1) is 32.1 Å². The molecule has 0 radical (unpaired) electrons. The van der Waals surface area contributed by atoms with Crippen LogP contribution in [-0.2, 0) is 0 Å². The highest BCUT2D eigenvalue weighted by atomic mass is 32.1. The molecule has 2 N–H and O–H groups in total. The maximum Gasteiger partial charge on any atom is 0.387 e. The lowest BCUT2D eigenvalue weighted by atomic mass is 9.89. The molecule has 2 aliphatic heterocycles. The van der Waals surface area contributed by atoms with E-state index in [0.717, 1.165) is 25.2 Å². The van der Waals surface area contributed by atoms with Gasteiger partial charge >= 0.3 is 6.61 Å². The van der Waals surface area contributed by atoms with Gasteiger partial charge in [-0.3, -0.25) is 0 Å². The van der Waals surface area contributed by atoms with Crippen LogP contribution in [0.15, 0.2) is 42.5 Å². The second-order valence-corrected chi connectivity index (χ2v) is 8.03. The van der Waals surface area contributed by atoms with Crippen LogP contribution in [0.3, 0.4) is 0 Å². The standard InChI is InChI=1S/C21H23F2N3OS/c1-13-3-8-18-16(11-13)17-12-25(2)10-9-19(17)26(18)21(28)24-14-4-6-15(7-5-14)27-20(22)23/h3-8,11,17,19-20H,9-10,12H2,1-2H3,(H,24,28)/p+1/t17-,19+/m1/s1. The average molecular weight is 405 g/mol. The number of fused-ring (bicyclic) bond motifs is 3. The molecule has 4 nitrogen and oxygen atoms in total. The first-order valence-electron chi connectivity index (χ1n) is 9.49. The average Bonchev–Trinajstić information content (AvgIpc) is 2.96. The predicted molar refractivity (Wildman–Crippen MR) is 111 cm³/mol. The number of piperidine rings is 1. The molecule has 28 heavy (non-hydrogen) atoms. The molecule has 0 aromatic heterocycles. The number of rotatable bonds is 3. The minimum absolute atomic E-state index is 0.131. The highest BCUT2D eigenvalue weighted by molar-refractivity contribution is 7.80. The number of benzene rings is 2. The summed E-state index contributed by atoms with van der Waals surface area (Å²) >= 11 is 5.76. The molecule has 148 valence electrons. The topological polar surface area (TPSA) is 28.9 Å². The van der Waals surface area contributed by atoms with E-state index in [9.17, 15) is 8.78 Å². The van der Waals surface area contributed by atoms with E-state index >= 15 is 0 Å². The van der Waals surface area contributed by atoms with Gasteiger partial charge in [0.1, 0.15) is 5.75 Å². The molecule has 2 heterocycles. The van der Waals surface area contributed by atoms with Crippen molar-refractivity contribution >= 4 is 28.7 Å². The maximum atomic E-state index is 12.3. The number of aryl methyl sites for hydroxylation is 1. The van der Waals surface area contributed by atoms with Crippen molar-refractivity contribution in [2.24, 2.45) is 0 Å². The molecule has 1 saturated heterocycles. The van der Waals surface area contributed by atoms with E-state index in [0.29, 0.717) is 17.1 Å². The molecule has 2 aliphatic rings. The summed E-state index contributed by atoms with van der Waals surface area (Å²) in [5, 5.41) is 3.91. The SMILES string of the molecule is Cc1ccc2c(c1)[C@H]1C[NH+](C)CC[C@@H]1N2C(=S)Nc1ccc(OC(F)F)cc1. The molecular weight excluding hydrogens is 380 g/mol. The summed E-state index contributed by atoms with van der Waals surface area (Å²) in [6.07, 6.45) is 1.08. The second kappa shape index (κ2) is 7.64. The van der Waals surface area contributed by atoms with E-state index in [2.05, 4.69) is 47.1 Å². The molecule has 1 fully saturated rings. The number of likely N-dealkylation sites (tertiary alicyclic amines) is 1. The fraction of sp³-hybridized carbons (Fsp3) is 0.381. The minimum atomic E-state index is -2.83. The van der Waals surface area contributed by atoms with Crippen molar-refractivity contribution in [3.8, 4) is 5.75 Å². The Hall–Kier alpha value is -2.25. The van der Waals surface area contributed by atoms with Crippen molar-refractivity contribution in [1.29, 1.82) is 0 Å². The molecule has 4 rings (SSSR count). The Morgan fingerprint density at radius 2 is 2.00 bits per heavy atom. The highest BCUT2D eigenvalue weighted by Gasteiger charge is 2.44. The largest absolute Gasteiger partial charge is 0.435 e. The van der Waals surface area contributed by atoms with Crippen LogP contribution in [0.25, 0.3) is 0 Å². The number of halogens is 2. The number of anilines is 2. The van der Waals surface area contributed by atoms with Crippen LogP contribution in [0.2, 0.25) is 0 Å². The summed E-state index contributed by atoms with van der Waals surface area (Å²) in [4.78, 5) is 3.79. The number of alkyl halides is 2. The Kier molecular flexibility index (Phi) is 5.21. The number of thiocarbonyl (C=S) groups is 1. The number of hydrogen-bond acceptors (Lipinski definition) is 2. The van der Waals surface area contributed by atoms with E-state index in [1.54, 1.807) is 17.0 Å². The first-order chi connectivity index (χ1) is 13.4. The first kappa shape index (κ1) is 19.1. The number of nitrogens with zero attached hydrogens (tertiary/aromatic N) is 1. The van der Waals surface area contributed by atoms with Crippen molar-refractivity contribution in [1.82, 2.24) is 0 Å². The van der Waals surface area contributed by atoms with Crippen LogP contribution >= 0.6 is 12.2 Å². The van der Waals surface area contributed by atoms with Crippen molar-refractivity contribution in [2.45, 2.75) is 31.9 Å². The molecule has 0 bridgehead atoms. The van der Waals surface area contributed by atoms with Crippen LogP contribution in [0.5, 0.6) is 5.75 Å². The molecule has 3 atom stereocenters. The Balaban J connectivity index is 1.57. The van der Waals surface area contributed by atoms with E-state index in [4.69, 9.17) is 12.2 Å². The fourth-order valence-electron chi connectivity index (χ4n) is 4.37. The Morgan fingerprint density at radius 3 is 2.71 bits per heavy atom. The summed E-state index contributed by atoms with van der Waals surface area (Å²) in [7, 11) is 2.24. The summed E-state index contributed by atoms with van der Waals surface area (Å²) in [6, 6.07) is 13.3. The van der Waals surface area contributed by atoms with E-state index < -0.39 is 6.61 Å². The molecular formula is C21H24F2N3OS+. The number of quaternary nitrogens is 1. The van der Waals surface area contributed by atoms with E-state index in [1.807, 2.05) is 0 Å². The van der Waals surface area contributed by atoms with Crippen LogP contribution < -0.4 is 19.9 Å². The quantitative estimate of drug-likeness (QED) is 0.769. The zero-order chi connectivity index (χ0) is 19.8. The zero-order valence-corrected chi connectivity index (χ0v) is 16.7. The van der Waals surface area contributed by atoms with Gasteiger partial charge in [0, 0.05) is 17.8 Å². The van der Waals surface area contributed by atoms with Crippen molar-refractivity contribution in [3.63, 3.8) is 0 Å². The first-order valence-corrected chi connectivity index (χ1v) is 9.90. The van der Waals surface area contributed by atoms with Gasteiger partial charge in [-0.2, -0.15) is 8.78 Å². The lowest BCUT2D eigenvalue weighted by Gasteiger charge is -2.35. The summed E-state index contributed by atoms with van der Waals surface area (Å²) in [5.41, 5.74) is 4.55. The summed E-state index contributed by atoms with van der Waals surface area (Å²) < 4.78 is 29.1. The van der Waals surface area contributed by atoms with Crippen LogP contribution in [0.1, 0.15) is 23.5 Å². The molecule has 0 spiro atoms. The molecule has 0 amide bonds. The van der Waals surface area contributed by atoms with Gasteiger partial charge in [0.2, 0.25) is 0 Å². The summed E-state index contributed by atoms with van der Waals surface area (Å²) in [6.45, 7) is 1.51. The van der Waals surface area contributed by atoms with Crippen LogP contribution in [0, 0.1) is 6.92 Å². The lowest BCUT2D eigenvalue weighted by Crippen LogP contribution is -3.11. The van der Waals surface area contributed by atoms with E-state index in [1.165, 1.54) is 28.9 Å². The number of likely N-dealkylation sites (N-methyl/N-ethyl adjacent to an activating group) is 1. The molecule has 7 heteroatoms. The smallest absolute Gasteiger partial charge is 0.387 e. The monoisotopic (exact) mass is 404 g/mol. The van der Waals surface area contributed by atoms with Gasteiger partial charge in [0.15, 0.2) is 5.11 Å². The van der Waals surface area contributed by atoms with Crippen molar-refractivity contribution in [3.05, 3.63) is 53.6 Å². The van der Waals surface area contributed by atoms with Gasteiger partial charge in [-0.15, -0.1) is 0 Å². The molecule has 0 saturated carbocycles. The molecule has 2 aromatic carbocycles. The van der Waals surface area contributed by atoms with Gasteiger partial charge in [-0.05, 0) is 55.0 Å². The van der Waals surface area contributed by atoms with Crippen molar-refractivity contribution < 1.29 is 18.4 Å². The normalized spacial score (nSPS) is 23.3. The molecule has 0 aliphatic carbocycles. The number of hydrogen-bond donors (Lipinski definition) is 2. The Morgan fingerprint density at radius 1 is 1.25 bits per heavy atom. The van der Waals surface area contributed by atoms with Crippen LogP contribution in [-0.4, -0.2) is 37.9 Å². The number of nitrogens with one attached hydrogen (secondary N) is 2. The third-order valence-electron chi connectivity index (χ3n) is 5.62. The lowest BCUT2D eigenvalue weighted by molar-refractivity contribution is -0.886. The maximum absolute atomic E-state index is 12.3. The predicted octanol–water partition coefficient (Wildman–Crippen LogP) is 3.18. The molecule has 1 unspecified atom stereocenters. The third kappa shape index (κ3) is 3.69. The van der Waals surface area contributed by atoms with Crippen LogP contribution in [0.4, 0.5) is 20.2 Å². The van der Waals surface area contributed by atoms with E-state index in [-0.39, 0.29) is 5.75 Å². The van der Waals surface area contributed by atoms with Gasteiger partial charge in [-0.1, -0.05) is 17.7 Å². The number of ether oxygens (including phenoxy) is 1. The van der Waals surface area contributed by atoms with Crippen molar-refractivity contribution in [2.75, 3.05) is 30.4 Å². The fourth-order valence-corrected chi connectivity index (χ4v) is 4.72. The Bertz CT molecular complexity index is 874.